The second-order valence-corrected chi connectivity index (χ2v) is 4.73. The van der Waals surface area contributed by atoms with E-state index in [-0.39, 0.29) is 0 Å². The number of aliphatic carboxylic acids is 1. The summed E-state index contributed by atoms with van der Waals surface area (Å²) in [6.07, 6.45) is -0.958. The number of amides is 1. The van der Waals surface area contributed by atoms with Gasteiger partial charge in [0.15, 0.2) is 0 Å². The SMILES string of the molecule is CC(N)C(=O)NC(CP(=O)(O)O)C(=O)O. The Morgan fingerprint density at radius 1 is 1.47 bits per heavy atom. The first-order chi connectivity index (χ1) is 6.63. The van der Waals surface area contributed by atoms with Crippen LogP contribution in [-0.4, -0.2) is 45.0 Å². The predicted molar refractivity (Wildman–Crippen MR) is 50.1 cm³/mol. The van der Waals surface area contributed by atoms with Crippen LogP contribution in [0, 0.1) is 0 Å². The van der Waals surface area contributed by atoms with Gasteiger partial charge in [-0.25, -0.2) is 4.79 Å². The van der Waals surface area contributed by atoms with Crippen molar-refractivity contribution in [3.63, 3.8) is 0 Å². The topological polar surface area (TPSA) is 150 Å². The van der Waals surface area contributed by atoms with Gasteiger partial charge in [-0.3, -0.25) is 9.36 Å². The molecule has 0 bridgehead atoms. The Morgan fingerprint density at radius 2 is 1.93 bits per heavy atom. The van der Waals surface area contributed by atoms with E-state index >= 15 is 0 Å². The Morgan fingerprint density at radius 3 is 2.20 bits per heavy atom. The lowest BCUT2D eigenvalue weighted by atomic mass is 10.3. The first-order valence-corrected chi connectivity index (χ1v) is 5.76. The van der Waals surface area contributed by atoms with E-state index in [4.69, 9.17) is 20.6 Å². The number of hydrogen-bond acceptors (Lipinski definition) is 4. The maximum absolute atomic E-state index is 11.0. The number of hydrogen-bond donors (Lipinski definition) is 5. The molecule has 0 radical (unpaired) electrons. The largest absolute Gasteiger partial charge is 0.480 e. The normalized spacial score (nSPS) is 15.5. The lowest BCUT2D eigenvalue weighted by Gasteiger charge is -2.16. The van der Waals surface area contributed by atoms with Gasteiger partial charge in [-0.1, -0.05) is 0 Å². The third-order valence-electron chi connectivity index (χ3n) is 1.45. The van der Waals surface area contributed by atoms with Gasteiger partial charge in [0.1, 0.15) is 6.04 Å². The number of nitrogens with one attached hydrogen (secondary N) is 1. The standard InChI is InChI=1S/C6H13N2O6P/c1-3(7)5(9)8-4(6(10)11)2-15(12,13)14/h3-4H,2,7H2,1H3,(H,8,9)(H,10,11)(H2,12,13,14). The van der Waals surface area contributed by atoms with E-state index in [2.05, 4.69) is 0 Å². The lowest BCUT2D eigenvalue weighted by molar-refractivity contribution is -0.141. The van der Waals surface area contributed by atoms with Crippen molar-refractivity contribution >= 4 is 19.5 Å². The van der Waals surface area contributed by atoms with E-state index in [0.717, 1.165) is 0 Å². The second kappa shape index (κ2) is 5.22. The molecule has 2 atom stereocenters. The van der Waals surface area contributed by atoms with Crippen molar-refractivity contribution in [2.45, 2.75) is 19.0 Å². The molecule has 6 N–H and O–H groups in total. The molecule has 8 nitrogen and oxygen atoms in total. The van der Waals surface area contributed by atoms with Gasteiger partial charge in [-0.2, -0.15) is 0 Å². The highest BCUT2D eigenvalue weighted by Crippen LogP contribution is 2.34. The van der Waals surface area contributed by atoms with Crippen LogP contribution < -0.4 is 11.1 Å². The van der Waals surface area contributed by atoms with E-state index in [1.54, 1.807) is 0 Å². The summed E-state index contributed by atoms with van der Waals surface area (Å²) in [5, 5.41) is 10.5. The van der Waals surface area contributed by atoms with Crippen LogP contribution in [0.4, 0.5) is 0 Å². The quantitative estimate of drug-likeness (QED) is 0.351. The highest BCUT2D eigenvalue weighted by atomic mass is 31.2. The number of nitrogens with two attached hydrogens (primary N) is 1. The molecule has 0 saturated carbocycles. The summed E-state index contributed by atoms with van der Waals surface area (Å²) in [6.45, 7) is 1.33. The average Bonchev–Trinajstić information content (AvgIpc) is 1.99. The molecular formula is C6H13N2O6P. The first kappa shape index (κ1) is 14.1. The van der Waals surface area contributed by atoms with Crippen molar-refractivity contribution in [3.8, 4) is 0 Å². The molecule has 15 heavy (non-hydrogen) atoms. The molecule has 0 aliphatic heterocycles. The molecule has 0 aromatic rings. The molecule has 1 amide bonds. The molecule has 0 fully saturated rings. The zero-order chi connectivity index (χ0) is 12.2. The van der Waals surface area contributed by atoms with Crippen molar-refractivity contribution < 1.29 is 29.0 Å². The zero-order valence-electron chi connectivity index (χ0n) is 7.95. The van der Waals surface area contributed by atoms with Crippen LogP contribution in [0.25, 0.3) is 0 Å². The maximum Gasteiger partial charge on any atom is 0.328 e. The number of carbonyl (C=O) groups excluding carboxylic acids is 1. The van der Waals surface area contributed by atoms with Crippen LogP contribution in [0.5, 0.6) is 0 Å². The summed E-state index contributed by atoms with van der Waals surface area (Å²) < 4.78 is 10.5. The third kappa shape index (κ3) is 6.19. The van der Waals surface area contributed by atoms with Gasteiger partial charge in [-0.15, -0.1) is 0 Å². The molecule has 0 aliphatic carbocycles. The fourth-order valence-electron chi connectivity index (χ4n) is 0.726. The molecule has 0 aromatic heterocycles. The Balaban J connectivity index is 4.50. The Hall–Kier alpha value is -0.950. The Kier molecular flexibility index (Phi) is 4.89. The Labute approximate surface area is 85.6 Å². The van der Waals surface area contributed by atoms with E-state index in [1.807, 2.05) is 5.32 Å². The molecule has 88 valence electrons. The van der Waals surface area contributed by atoms with Gasteiger partial charge in [0.05, 0.1) is 12.2 Å². The van der Waals surface area contributed by atoms with Gasteiger partial charge in [0, 0.05) is 0 Å². The van der Waals surface area contributed by atoms with Crippen molar-refractivity contribution in [2.24, 2.45) is 5.73 Å². The van der Waals surface area contributed by atoms with Crippen molar-refractivity contribution in [1.29, 1.82) is 0 Å². The van der Waals surface area contributed by atoms with Gasteiger partial charge in [0.25, 0.3) is 0 Å². The van der Waals surface area contributed by atoms with E-state index in [0.29, 0.717) is 0 Å². The minimum atomic E-state index is -4.50. The number of carbonyl (C=O) groups is 2. The summed E-state index contributed by atoms with van der Waals surface area (Å²) in [7, 11) is -4.50. The molecule has 0 aliphatic rings. The van der Waals surface area contributed by atoms with Crippen LogP contribution in [0.1, 0.15) is 6.92 Å². The van der Waals surface area contributed by atoms with Crippen molar-refractivity contribution in [3.05, 3.63) is 0 Å². The summed E-state index contributed by atoms with van der Waals surface area (Å²) in [5.41, 5.74) is 5.15. The predicted octanol–water partition coefficient (Wildman–Crippen LogP) is -1.92. The van der Waals surface area contributed by atoms with E-state index in [9.17, 15) is 14.2 Å². The molecule has 9 heteroatoms. The van der Waals surface area contributed by atoms with Crippen LogP contribution in [0.2, 0.25) is 0 Å². The van der Waals surface area contributed by atoms with Crippen LogP contribution in [-0.2, 0) is 14.2 Å². The summed E-state index contributed by atoms with van der Waals surface area (Å²) in [4.78, 5) is 38.6. The number of carboxylic acids is 1. The van der Waals surface area contributed by atoms with Gasteiger partial charge < -0.3 is 25.9 Å². The van der Waals surface area contributed by atoms with Crippen LogP contribution in [0.15, 0.2) is 0 Å². The number of carboxylic acid groups (broad SMARTS) is 1. The number of rotatable bonds is 5. The average molecular weight is 240 g/mol. The lowest BCUT2D eigenvalue weighted by Crippen LogP contribution is -2.48. The van der Waals surface area contributed by atoms with Crippen LogP contribution >= 0.6 is 7.60 Å². The summed E-state index contributed by atoms with van der Waals surface area (Å²) in [6, 6.07) is -2.58. The Bertz CT molecular complexity index is 298. The molecule has 0 spiro atoms. The molecule has 2 unspecified atom stereocenters. The molecule has 0 rings (SSSR count). The summed E-state index contributed by atoms with van der Waals surface area (Å²) in [5.74, 6) is -2.30. The second-order valence-electron chi connectivity index (χ2n) is 3.04. The third-order valence-corrected chi connectivity index (χ3v) is 2.29. The first-order valence-electron chi connectivity index (χ1n) is 3.97. The monoisotopic (exact) mass is 240 g/mol. The van der Waals surface area contributed by atoms with Gasteiger partial charge in [-0.05, 0) is 6.92 Å². The summed E-state index contributed by atoms with van der Waals surface area (Å²) >= 11 is 0. The van der Waals surface area contributed by atoms with E-state index in [1.165, 1.54) is 6.92 Å². The minimum Gasteiger partial charge on any atom is -0.480 e. The minimum absolute atomic E-state index is 0.782. The van der Waals surface area contributed by atoms with Crippen molar-refractivity contribution in [2.75, 3.05) is 6.16 Å². The fourth-order valence-corrected chi connectivity index (χ4v) is 1.45. The van der Waals surface area contributed by atoms with Crippen LogP contribution in [0.3, 0.4) is 0 Å². The molecular weight excluding hydrogens is 227 g/mol. The highest BCUT2D eigenvalue weighted by molar-refractivity contribution is 7.51. The highest BCUT2D eigenvalue weighted by Gasteiger charge is 2.29. The van der Waals surface area contributed by atoms with Crippen molar-refractivity contribution in [1.82, 2.24) is 5.32 Å². The van der Waals surface area contributed by atoms with E-state index < -0.39 is 37.7 Å². The van der Waals surface area contributed by atoms with Gasteiger partial charge in [0.2, 0.25) is 5.91 Å². The molecule has 0 aromatic carbocycles. The maximum atomic E-state index is 11.0. The molecule has 0 heterocycles. The fraction of sp³-hybridized carbons (Fsp3) is 0.667. The zero-order valence-corrected chi connectivity index (χ0v) is 8.85. The smallest absolute Gasteiger partial charge is 0.328 e. The van der Waals surface area contributed by atoms with Gasteiger partial charge >= 0.3 is 13.6 Å². The molecule has 0 saturated heterocycles.